The second-order valence-electron chi connectivity index (χ2n) is 3.19. The summed E-state index contributed by atoms with van der Waals surface area (Å²) in [6.45, 7) is 0. The molecule has 0 heterocycles. The fourth-order valence-corrected chi connectivity index (χ4v) is 1.16. The summed E-state index contributed by atoms with van der Waals surface area (Å²) < 4.78 is 4.43. The highest BCUT2D eigenvalue weighted by Crippen LogP contribution is 2.26. The van der Waals surface area contributed by atoms with Gasteiger partial charge in [-0.2, -0.15) is 0 Å². The first-order valence-electron chi connectivity index (χ1n) is 4.75. The lowest BCUT2D eigenvalue weighted by molar-refractivity contribution is -0.385. The molecule has 0 aromatic heterocycles. The molecule has 1 N–H and O–H groups in total. The van der Waals surface area contributed by atoms with E-state index in [4.69, 9.17) is 0 Å². The van der Waals surface area contributed by atoms with Gasteiger partial charge in [0.2, 0.25) is 0 Å². The molecule has 0 atom stereocenters. The van der Waals surface area contributed by atoms with Crippen molar-refractivity contribution in [3.8, 4) is 5.75 Å². The predicted octanol–water partition coefficient (Wildman–Crippen LogP) is 1.88. The maximum atomic E-state index is 10.8. The van der Waals surface area contributed by atoms with Crippen LogP contribution < -0.4 is 0 Å². The Hall–Kier alpha value is -2.37. The van der Waals surface area contributed by atoms with Crippen molar-refractivity contribution in [3.05, 3.63) is 40.0 Å². The molecule has 0 aliphatic carbocycles. The van der Waals surface area contributed by atoms with E-state index in [2.05, 4.69) is 4.74 Å². The van der Waals surface area contributed by atoms with E-state index in [9.17, 15) is 20.0 Å². The summed E-state index contributed by atoms with van der Waals surface area (Å²) in [6.07, 6.45) is 3.16. The number of hydrogen-bond donors (Lipinski definition) is 1. The highest BCUT2D eigenvalue weighted by atomic mass is 16.6. The van der Waals surface area contributed by atoms with Crippen molar-refractivity contribution < 1.29 is 19.6 Å². The van der Waals surface area contributed by atoms with Gasteiger partial charge >= 0.3 is 11.7 Å². The molecule has 17 heavy (non-hydrogen) atoms. The molecule has 0 aliphatic rings. The number of phenols is 1. The first kappa shape index (κ1) is 12.7. The lowest BCUT2D eigenvalue weighted by Crippen LogP contribution is -1.96. The molecule has 0 saturated heterocycles. The van der Waals surface area contributed by atoms with E-state index < -0.39 is 10.9 Å². The topological polar surface area (TPSA) is 89.7 Å². The number of nitro groups is 1. The number of ether oxygens (including phenoxy) is 1. The van der Waals surface area contributed by atoms with Crippen molar-refractivity contribution in [3.63, 3.8) is 0 Å². The number of phenolic OH excluding ortho intramolecular Hbond substituents is 1. The summed E-state index contributed by atoms with van der Waals surface area (Å²) in [4.78, 5) is 20.7. The number of nitrogens with zero attached hydrogens (tertiary/aromatic N) is 1. The van der Waals surface area contributed by atoms with Crippen LogP contribution in [0.15, 0.2) is 24.3 Å². The molecule has 1 aromatic carbocycles. The number of hydrogen-bond acceptors (Lipinski definition) is 5. The molecule has 0 spiro atoms. The molecule has 0 aliphatic heterocycles. The van der Waals surface area contributed by atoms with Crippen LogP contribution in [0.5, 0.6) is 5.75 Å². The third kappa shape index (κ3) is 3.60. The molecule has 1 aromatic rings. The van der Waals surface area contributed by atoms with E-state index in [1.165, 1.54) is 31.4 Å². The third-order valence-corrected chi connectivity index (χ3v) is 2.02. The molecular formula is C11H11NO5. The maximum absolute atomic E-state index is 10.8. The number of carbonyl (C=O) groups is 1. The number of methoxy groups -OCH3 is 1. The van der Waals surface area contributed by atoms with E-state index >= 15 is 0 Å². The SMILES string of the molecule is COC(=O)CC=Cc1ccc(O)c([N+](=O)[O-])c1. The minimum absolute atomic E-state index is 0.0885. The summed E-state index contributed by atoms with van der Waals surface area (Å²) in [5.41, 5.74) is 0.156. The third-order valence-electron chi connectivity index (χ3n) is 2.02. The zero-order chi connectivity index (χ0) is 12.8. The Balaban J connectivity index is 2.82. The normalized spacial score (nSPS) is 10.4. The largest absolute Gasteiger partial charge is 0.502 e. The first-order valence-corrected chi connectivity index (χ1v) is 4.75. The molecular weight excluding hydrogens is 226 g/mol. The van der Waals surface area contributed by atoms with Crippen LogP contribution in [0.1, 0.15) is 12.0 Å². The second-order valence-corrected chi connectivity index (χ2v) is 3.19. The van der Waals surface area contributed by atoms with Crippen LogP contribution in [0.25, 0.3) is 6.08 Å². The van der Waals surface area contributed by atoms with Crippen molar-refractivity contribution in [2.24, 2.45) is 0 Å². The van der Waals surface area contributed by atoms with Crippen molar-refractivity contribution in [1.82, 2.24) is 0 Å². The highest BCUT2D eigenvalue weighted by molar-refractivity contribution is 5.72. The fourth-order valence-electron chi connectivity index (χ4n) is 1.16. The van der Waals surface area contributed by atoms with Gasteiger partial charge in [0.05, 0.1) is 18.5 Å². The Morgan fingerprint density at radius 3 is 2.88 bits per heavy atom. The van der Waals surface area contributed by atoms with E-state index in [-0.39, 0.29) is 17.9 Å². The Morgan fingerprint density at radius 2 is 2.29 bits per heavy atom. The zero-order valence-corrected chi connectivity index (χ0v) is 9.12. The number of nitro benzene ring substituents is 1. The van der Waals surface area contributed by atoms with E-state index in [1.807, 2.05) is 0 Å². The fraction of sp³-hybridized carbons (Fsp3) is 0.182. The van der Waals surface area contributed by atoms with Crippen LogP contribution in [0.3, 0.4) is 0 Å². The number of rotatable bonds is 4. The number of esters is 1. The van der Waals surface area contributed by atoms with Crippen molar-refractivity contribution >= 4 is 17.7 Å². The van der Waals surface area contributed by atoms with Crippen molar-refractivity contribution in [2.45, 2.75) is 6.42 Å². The molecule has 90 valence electrons. The molecule has 0 fully saturated rings. The molecule has 0 bridgehead atoms. The zero-order valence-electron chi connectivity index (χ0n) is 9.12. The molecule has 0 radical (unpaired) electrons. The molecule has 0 saturated carbocycles. The summed E-state index contributed by atoms with van der Waals surface area (Å²) >= 11 is 0. The second kappa shape index (κ2) is 5.64. The lowest BCUT2D eigenvalue weighted by atomic mass is 10.1. The van der Waals surface area contributed by atoms with Crippen LogP contribution in [0, 0.1) is 10.1 Å². The van der Waals surface area contributed by atoms with Gasteiger partial charge in [-0.25, -0.2) is 0 Å². The van der Waals surface area contributed by atoms with Crippen LogP contribution in [-0.2, 0) is 9.53 Å². The van der Waals surface area contributed by atoms with Crippen LogP contribution in [-0.4, -0.2) is 23.1 Å². The van der Waals surface area contributed by atoms with Crippen LogP contribution in [0.2, 0.25) is 0 Å². The van der Waals surface area contributed by atoms with E-state index in [0.717, 1.165) is 0 Å². The van der Waals surface area contributed by atoms with Crippen molar-refractivity contribution in [2.75, 3.05) is 7.11 Å². The number of aromatic hydroxyl groups is 1. The van der Waals surface area contributed by atoms with Gasteiger partial charge in [-0.15, -0.1) is 0 Å². The van der Waals surface area contributed by atoms with Crippen LogP contribution >= 0.6 is 0 Å². The lowest BCUT2D eigenvalue weighted by Gasteiger charge is -1.97. The highest BCUT2D eigenvalue weighted by Gasteiger charge is 2.12. The minimum Gasteiger partial charge on any atom is -0.502 e. The van der Waals surface area contributed by atoms with Gasteiger partial charge in [0, 0.05) is 6.07 Å². The van der Waals surface area contributed by atoms with Gasteiger partial charge in [-0.1, -0.05) is 18.2 Å². The maximum Gasteiger partial charge on any atom is 0.311 e. The Labute approximate surface area is 97.3 Å². The number of carbonyl (C=O) groups excluding carboxylic acids is 1. The molecule has 6 nitrogen and oxygen atoms in total. The Bertz CT molecular complexity index is 467. The summed E-state index contributed by atoms with van der Waals surface area (Å²) in [5.74, 6) is -0.783. The summed E-state index contributed by atoms with van der Waals surface area (Å²) in [6, 6.07) is 3.97. The minimum atomic E-state index is -0.674. The monoisotopic (exact) mass is 237 g/mol. The quantitative estimate of drug-likeness (QED) is 0.490. The average Bonchev–Trinajstić information content (AvgIpc) is 2.30. The van der Waals surface area contributed by atoms with Crippen molar-refractivity contribution in [1.29, 1.82) is 0 Å². The predicted molar refractivity (Wildman–Crippen MR) is 60.4 cm³/mol. The Kier molecular flexibility index (Phi) is 4.21. The van der Waals surface area contributed by atoms with Gasteiger partial charge in [0.25, 0.3) is 0 Å². The van der Waals surface area contributed by atoms with Gasteiger partial charge in [-0.05, 0) is 11.6 Å². The summed E-state index contributed by atoms with van der Waals surface area (Å²) in [7, 11) is 1.28. The Morgan fingerprint density at radius 1 is 1.59 bits per heavy atom. The van der Waals surface area contributed by atoms with Crippen LogP contribution in [0.4, 0.5) is 5.69 Å². The first-order chi connectivity index (χ1) is 8.04. The average molecular weight is 237 g/mol. The number of benzene rings is 1. The molecule has 0 amide bonds. The molecule has 6 heteroatoms. The summed E-state index contributed by atoms with van der Waals surface area (Å²) in [5, 5.41) is 19.8. The van der Waals surface area contributed by atoms with E-state index in [1.54, 1.807) is 6.08 Å². The standard InChI is InChI=1S/C11H11NO5/c1-17-11(14)4-2-3-8-5-6-10(13)9(7-8)12(15)16/h2-3,5-7,13H,4H2,1H3. The smallest absolute Gasteiger partial charge is 0.311 e. The van der Waals surface area contributed by atoms with Gasteiger partial charge < -0.3 is 9.84 Å². The van der Waals surface area contributed by atoms with E-state index in [0.29, 0.717) is 5.56 Å². The van der Waals surface area contributed by atoms with Gasteiger partial charge in [-0.3, -0.25) is 14.9 Å². The van der Waals surface area contributed by atoms with Gasteiger partial charge in [0.1, 0.15) is 0 Å². The molecule has 0 unspecified atom stereocenters. The van der Waals surface area contributed by atoms with Gasteiger partial charge in [0.15, 0.2) is 5.75 Å². The molecule has 1 rings (SSSR count).